The summed E-state index contributed by atoms with van der Waals surface area (Å²) in [7, 11) is 0. The summed E-state index contributed by atoms with van der Waals surface area (Å²) in [6.45, 7) is 4.90. The molecule has 0 aliphatic carbocycles. The lowest BCUT2D eigenvalue weighted by atomic mass is 10.2. The highest BCUT2D eigenvalue weighted by Crippen LogP contribution is 2.20. The molecule has 0 radical (unpaired) electrons. The molecule has 4 heteroatoms. The van der Waals surface area contributed by atoms with Gasteiger partial charge in [0.25, 0.3) is 0 Å². The molecule has 0 spiro atoms. The maximum Gasteiger partial charge on any atom is 0.128 e. The van der Waals surface area contributed by atoms with Gasteiger partial charge in [-0.1, -0.05) is 35.7 Å². The van der Waals surface area contributed by atoms with Crippen molar-refractivity contribution in [2.75, 3.05) is 19.7 Å². The number of halogens is 2. The zero-order chi connectivity index (χ0) is 13.2. The van der Waals surface area contributed by atoms with Crippen LogP contribution in [0.2, 0.25) is 0 Å². The second-order valence-corrected chi connectivity index (χ2v) is 5.14. The molecule has 18 heavy (non-hydrogen) atoms. The lowest BCUT2D eigenvalue weighted by Crippen LogP contribution is -2.13. The molecule has 0 saturated heterocycles. The molecule has 1 N–H and O–H groups in total. The van der Waals surface area contributed by atoms with Gasteiger partial charge >= 0.3 is 0 Å². The van der Waals surface area contributed by atoms with Gasteiger partial charge in [-0.2, -0.15) is 0 Å². The maximum atomic E-state index is 13.1. The lowest BCUT2D eigenvalue weighted by Gasteiger charge is -2.07. The molecule has 0 aromatic heterocycles. The molecule has 0 aliphatic rings. The van der Waals surface area contributed by atoms with E-state index in [0.717, 1.165) is 25.9 Å². The van der Waals surface area contributed by atoms with Crippen molar-refractivity contribution in [1.29, 1.82) is 0 Å². The third-order valence-electron chi connectivity index (χ3n) is 2.60. The smallest absolute Gasteiger partial charge is 0.128 e. The Hall–Kier alpha value is -0.610. The normalized spacial score (nSPS) is 10.6. The van der Waals surface area contributed by atoms with Gasteiger partial charge in [0.15, 0.2) is 0 Å². The summed E-state index contributed by atoms with van der Waals surface area (Å²) < 4.78 is 19.3. The topological polar surface area (TPSA) is 21.3 Å². The quantitative estimate of drug-likeness (QED) is 0.691. The van der Waals surface area contributed by atoms with Crippen molar-refractivity contribution >= 4 is 15.9 Å². The predicted octanol–water partition coefficient (Wildman–Crippen LogP) is 4.14. The monoisotopic (exact) mass is 317 g/mol. The van der Waals surface area contributed by atoms with E-state index in [0.29, 0.717) is 16.8 Å². The van der Waals surface area contributed by atoms with Gasteiger partial charge in [-0.15, -0.1) is 0 Å². The summed E-state index contributed by atoms with van der Waals surface area (Å²) in [4.78, 5) is 0. The molecule has 0 unspecified atom stereocenters. The second-order valence-electron chi connectivity index (χ2n) is 4.22. The molecule has 1 rings (SSSR count). The van der Waals surface area contributed by atoms with Gasteiger partial charge < -0.3 is 10.1 Å². The van der Waals surface area contributed by atoms with Crippen molar-refractivity contribution in [3.8, 4) is 5.75 Å². The van der Waals surface area contributed by atoms with Crippen LogP contribution in [0, 0.1) is 5.82 Å². The van der Waals surface area contributed by atoms with Crippen molar-refractivity contribution in [2.24, 2.45) is 0 Å². The highest BCUT2D eigenvalue weighted by atomic mass is 79.9. The van der Waals surface area contributed by atoms with Crippen LogP contribution in [0.15, 0.2) is 22.7 Å². The fourth-order valence-corrected chi connectivity index (χ4v) is 2.13. The zero-order valence-electron chi connectivity index (χ0n) is 10.8. The lowest BCUT2D eigenvalue weighted by molar-refractivity contribution is 0.303. The molecule has 0 amide bonds. The van der Waals surface area contributed by atoms with Crippen molar-refractivity contribution in [3.63, 3.8) is 0 Å². The van der Waals surface area contributed by atoms with Crippen LogP contribution in [0.4, 0.5) is 4.39 Å². The average molecular weight is 318 g/mol. The van der Waals surface area contributed by atoms with Crippen LogP contribution < -0.4 is 10.1 Å². The molecule has 1 aromatic rings. The van der Waals surface area contributed by atoms with Crippen LogP contribution in [0.1, 0.15) is 32.6 Å². The molecule has 0 bridgehead atoms. The third-order valence-corrected chi connectivity index (χ3v) is 3.06. The largest absolute Gasteiger partial charge is 0.493 e. The predicted molar refractivity (Wildman–Crippen MR) is 76.6 cm³/mol. The number of unbranched alkanes of at least 4 members (excludes halogenated alkanes) is 3. The summed E-state index contributed by atoms with van der Waals surface area (Å²) in [5, 5.41) is 3.30. The van der Waals surface area contributed by atoms with E-state index in [-0.39, 0.29) is 5.82 Å². The van der Waals surface area contributed by atoms with Gasteiger partial charge in [-0.05, 0) is 38.1 Å². The SMILES string of the molecule is CCNCCCCCCOc1cc(F)cc(Br)c1. The Kier molecular flexibility index (Phi) is 8.01. The summed E-state index contributed by atoms with van der Waals surface area (Å²) >= 11 is 3.24. The summed E-state index contributed by atoms with van der Waals surface area (Å²) in [5.74, 6) is 0.319. The minimum Gasteiger partial charge on any atom is -0.493 e. The van der Waals surface area contributed by atoms with Gasteiger partial charge in [-0.3, -0.25) is 0 Å². The minimum atomic E-state index is -0.273. The molecule has 0 atom stereocenters. The molecular weight excluding hydrogens is 297 g/mol. The van der Waals surface area contributed by atoms with Gasteiger partial charge in [0.05, 0.1) is 6.61 Å². The van der Waals surface area contributed by atoms with E-state index < -0.39 is 0 Å². The first kappa shape index (κ1) is 15.4. The molecule has 0 aliphatic heterocycles. The van der Waals surface area contributed by atoms with Crippen LogP contribution in [-0.4, -0.2) is 19.7 Å². The molecule has 1 aromatic carbocycles. The Labute approximate surface area is 117 Å². The van der Waals surface area contributed by atoms with Crippen LogP contribution in [-0.2, 0) is 0 Å². The number of hydrogen-bond donors (Lipinski definition) is 1. The van der Waals surface area contributed by atoms with E-state index in [4.69, 9.17) is 4.74 Å². The van der Waals surface area contributed by atoms with Crippen LogP contribution in [0.3, 0.4) is 0 Å². The average Bonchev–Trinajstić information content (AvgIpc) is 2.31. The van der Waals surface area contributed by atoms with Gasteiger partial charge in [-0.25, -0.2) is 4.39 Å². The van der Waals surface area contributed by atoms with Gasteiger partial charge in [0, 0.05) is 10.5 Å². The van der Waals surface area contributed by atoms with Gasteiger partial charge in [0.2, 0.25) is 0 Å². The molecule has 2 nitrogen and oxygen atoms in total. The summed E-state index contributed by atoms with van der Waals surface area (Å²) in [6.07, 6.45) is 4.59. The van der Waals surface area contributed by atoms with Crippen molar-refractivity contribution < 1.29 is 9.13 Å². The van der Waals surface area contributed by atoms with Crippen molar-refractivity contribution in [2.45, 2.75) is 32.6 Å². The highest BCUT2D eigenvalue weighted by Gasteiger charge is 1.99. The third kappa shape index (κ3) is 6.97. The Balaban J connectivity index is 2.07. The maximum absolute atomic E-state index is 13.1. The Bertz CT molecular complexity index is 326. The first-order valence-electron chi connectivity index (χ1n) is 6.52. The molecule has 0 heterocycles. The van der Waals surface area contributed by atoms with Gasteiger partial charge in [0.1, 0.15) is 11.6 Å². The number of ether oxygens (including phenoxy) is 1. The molecular formula is C14H21BrFNO. The van der Waals surface area contributed by atoms with E-state index >= 15 is 0 Å². The fourth-order valence-electron chi connectivity index (χ4n) is 1.68. The Morgan fingerprint density at radius 2 is 1.94 bits per heavy atom. The minimum absolute atomic E-state index is 0.273. The Morgan fingerprint density at radius 3 is 2.67 bits per heavy atom. The van der Waals surface area contributed by atoms with Crippen LogP contribution in [0.5, 0.6) is 5.75 Å². The summed E-state index contributed by atoms with van der Waals surface area (Å²) in [6, 6.07) is 4.62. The van der Waals surface area contributed by atoms with Crippen molar-refractivity contribution in [3.05, 3.63) is 28.5 Å². The zero-order valence-corrected chi connectivity index (χ0v) is 12.4. The van der Waals surface area contributed by atoms with Crippen LogP contribution >= 0.6 is 15.9 Å². The first-order chi connectivity index (χ1) is 8.72. The fraction of sp³-hybridized carbons (Fsp3) is 0.571. The second kappa shape index (κ2) is 9.34. The van der Waals surface area contributed by atoms with E-state index in [9.17, 15) is 4.39 Å². The van der Waals surface area contributed by atoms with Crippen LogP contribution in [0.25, 0.3) is 0 Å². The number of nitrogens with one attached hydrogen (secondary N) is 1. The van der Waals surface area contributed by atoms with Crippen molar-refractivity contribution in [1.82, 2.24) is 5.32 Å². The van der Waals surface area contributed by atoms with E-state index in [1.807, 2.05) is 0 Å². The Morgan fingerprint density at radius 1 is 1.17 bits per heavy atom. The van der Waals surface area contributed by atoms with E-state index in [1.165, 1.54) is 25.0 Å². The van der Waals surface area contributed by atoms with E-state index in [1.54, 1.807) is 6.07 Å². The standard InChI is InChI=1S/C14H21BrFNO/c1-2-17-7-5-3-4-6-8-18-14-10-12(15)9-13(16)11-14/h9-11,17H,2-8H2,1H3. The molecule has 0 fully saturated rings. The molecule has 102 valence electrons. The first-order valence-corrected chi connectivity index (χ1v) is 7.31. The number of hydrogen-bond acceptors (Lipinski definition) is 2. The number of benzene rings is 1. The summed E-state index contributed by atoms with van der Waals surface area (Å²) in [5.41, 5.74) is 0. The molecule has 0 saturated carbocycles. The number of rotatable bonds is 9. The van der Waals surface area contributed by atoms with E-state index in [2.05, 4.69) is 28.2 Å². The highest BCUT2D eigenvalue weighted by molar-refractivity contribution is 9.10.